The van der Waals surface area contributed by atoms with Gasteiger partial charge in [0.25, 0.3) is 5.91 Å². The summed E-state index contributed by atoms with van der Waals surface area (Å²) in [4.78, 5) is 26.5. The first-order valence-corrected chi connectivity index (χ1v) is 11.3. The number of unbranched alkanes of at least 4 members (excludes halogenated alkanes) is 3. The SMILES string of the molecule is CCCCCCOc1ccc(NCC(=O)Nc2ccc(C(=O)N3CCCC3)cc2)cc1. The summed E-state index contributed by atoms with van der Waals surface area (Å²) in [6, 6.07) is 14.7. The second-order valence-corrected chi connectivity index (χ2v) is 7.91. The van der Waals surface area contributed by atoms with Crippen LogP contribution in [0.1, 0.15) is 55.8 Å². The zero-order chi connectivity index (χ0) is 21.9. The van der Waals surface area contributed by atoms with Crippen molar-refractivity contribution in [2.75, 3.05) is 36.9 Å². The van der Waals surface area contributed by atoms with Gasteiger partial charge in [0.05, 0.1) is 13.2 Å². The lowest BCUT2D eigenvalue weighted by Crippen LogP contribution is -2.27. The molecule has 6 nitrogen and oxygen atoms in total. The Hall–Kier alpha value is -3.02. The first kappa shape index (κ1) is 22.7. The lowest BCUT2D eigenvalue weighted by atomic mass is 10.2. The van der Waals surface area contributed by atoms with Crippen LogP contribution >= 0.6 is 0 Å². The molecule has 1 heterocycles. The fraction of sp³-hybridized carbons (Fsp3) is 0.440. The van der Waals surface area contributed by atoms with Crippen molar-refractivity contribution < 1.29 is 14.3 Å². The minimum Gasteiger partial charge on any atom is -0.494 e. The monoisotopic (exact) mass is 423 g/mol. The van der Waals surface area contributed by atoms with Crippen molar-refractivity contribution in [1.82, 2.24) is 4.90 Å². The lowest BCUT2D eigenvalue weighted by Gasteiger charge is -2.15. The van der Waals surface area contributed by atoms with Crippen molar-refractivity contribution in [3.05, 3.63) is 54.1 Å². The van der Waals surface area contributed by atoms with Gasteiger partial charge in [0.2, 0.25) is 5.91 Å². The fourth-order valence-corrected chi connectivity index (χ4v) is 3.57. The van der Waals surface area contributed by atoms with Gasteiger partial charge in [-0.2, -0.15) is 0 Å². The second-order valence-electron chi connectivity index (χ2n) is 7.91. The Morgan fingerprint density at radius 1 is 0.903 bits per heavy atom. The van der Waals surface area contributed by atoms with E-state index >= 15 is 0 Å². The van der Waals surface area contributed by atoms with Crippen LogP contribution in [0.4, 0.5) is 11.4 Å². The molecule has 0 radical (unpaired) electrons. The number of hydrogen-bond donors (Lipinski definition) is 2. The molecule has 2 aromatic rings. The summed E-state index contributed by atoms with van der Waals surface area (Å²) >= 11 is 0. The van der Waals surface area contributed by atoms with Gasteiger partial charge in [-0.3, -0.25) is 9.59 Å². The third kappa shape index (κ3) is 7.31. The number of benzene rings is 2. The largest absolute Gasteiger partial charge is 0.494 e. The zero-order valence-electron chi connectivity index (χ0n) is 18.4. The number of hydrogen-bond acceptors (Lipinski definition) is 4. The van der Waals surface area contributed by atoms with E-state index in [0.29, 0.717) is 11.3 Å². The van der Waals surface area contributed by atoms with Gasteiger partial charge in [-0.25, -0.2) is 0 Å². The first-order chi connectivity index (χ1) is 15.2. The quantitative estimate of drug-likeness (QED) is 0.503. The summed E-state index contributed by atoms with van der Waals surface area (Å²) in [7, 11) is 0. The van der Waals surface area contributed by atoms with Gasteiger partial charge in [-0.1, -0.05) is 26.2 Å². The molecule has 2 aromatic carbocycles. The minimum atomic E-state index is -0.144. The van der Waals surface area contributed by atoms with Crippen LogP contribution in [0, 0.1) is 0 Å². The number of nitrogens with one attached hydrogen (secondary N) is 2. The molecule has 3 rings (SSSR count). The van der Waals surface area contributed by atoms with E-state index in [4.69, 9.17) is 4.74 Å². The van der Waals surface area contributed by atoms with E-state index in [0.717, 1.165) is 50.4 Å². The Morgan fingerprint density at radius 2 is 1.58 bits per heavy atom. The highest BCUT2D eigenvalue weighted by Crippen LogP contribution is 2.17. The molecule has 2 amide bonds. The fourth-order valence-electron chi connectivity index (χ4n) is 3.57. The number of anilines is 2. The third-order valence-corrected chi connectivity index (χ3v) is 5.38. The molecule has 1 aliphatic rings. The van der Waals surface area contributed by atoms with Gasteiger partial charge in [-0.05, 0) is 67.8 Å². The molecule has 1 fully saturated rings. The number of ether oxygens (including phenoxy) is 1. The van der Waals surface area contributed by atoms with Crippen molar-refractivity contribution in [2.24, 2.45) is 0 Å². The summed E-state index contributed by atoms with van der Waals surface area (Å²) in [5, 5.41) is 5.97. The predicted molar refractivity (Wildman–Crippen MR) is 125 cm³/mol. The average molecular weight is 424 g/mol. The maximum Gasteiger partial charge on any atom is 0.253 e. The maximum atomic E-state index is 12.4. The Bertz CT molecular complexity index is 828. The number of carbonyl (C=O) groups is 2. The highest BCUT2D eigenvalue weighted by molar-refractivity contribution is 5.96. The number of amides is 2. The molecule has 0 spiro atoms. The molecule has 0 saturated carbocycles. The number of rotatable bonds is 11. The predicted octanol–water partition coefficient (Wildman–Crippen LogP) is 4.93. The number of likely N-dealkylation sites (tertiary alicyclic amines) is 1. The molecule has 2 N–H and O–H groups in total. The standard InChI is InChI=1S/C25H33N3O3/c1-2-3-4-7-18-31-23-14-12-21(13-15-23)26-19-24(29)27-22-10-8-20(9-11-22)25(30)28-16-5-6-17-28/h8-15,26H,2-7,16-19H2,1H3,(H,27,29). The van der Waals surface area contributed by atoms with Crippen LogP contribution in [0.2, 0.25) is 0 Å². The van der Waals surface area contributed by atoms with E-state index in [1.807, 2.05) is 29.2 Å². The van der Waals surface area contributed by atoms with Crippen molar-refractivity contribution in [3.63, 3.8) is 0 Å². The first-order valence-electron chi connectivity index (χ1n) is 11.3. The topological polar surface area (TPSA) is 70.7 Å². The van der Waals surface area contributed by atoms with E-state index in [-0.39, 0.29) is 18.4 Å². The second kappa shape index (κ2) is 12.0. The smallest absolute Gasteiger partial charge is 0.253 e. The summed E-state index contributed by atoms with van der Waals surface area (Å²) in [5.74, 6) is 0.760. The average Bonchev–Trinajstić information content (AvgIpc) is 3.33. The summed E-state index contributed by atoms with van der Waals surface area (Å²) < 4.78 is 5.74. The van der Waals surface area contributed by atoms with Crippen LogP contribution in [-0.2, 0) is 4.79 Å². The molecule has 6 heteroatoms. The van der Waals surface area contributed by atoms with Crippen LogP contribution in [0.3, 0.4) is 0 Å². The molecule has 0 aliphatic carbocycles. The van der Waals surface area contributed by atoms with Gasteiger partial charge in [-0.15, -0.1) is 0 Å². The van der Waals surface area contributed by atoms with Crippen LogP contribution in [-0.4, -0.2) is 43.0 Å². The molecule has 1 saturated heterocycles. The van der Waals surface area contributed by atoms with Crippen LogP contribution in [0.5, 0.6) is 5.75 Å². The third-order valence-electron chi connectivity index (χ3n) is 5.38. The Morgan fingerprint density at radius 3 is 2.26 bits per heavy atom. The van der Waals surface area contributed by atoms with Crippen molar-refractivity contribution >= 4 is 23.2 Å². The molecule has 0 atom stereocenters. The molecular formula is C25H33N3O3. The van der Waals surface area contributed by atoms with Crippen LogP contribution in [0.25, 0.3) is 0 Å². The highest BCUT2D eigenvalue weighted by Gasteiger charge is 2.19. The van der Waals surface area contributed by atoms with Crippen molar-refractivity contribution in [3.8, 4) is 5.75 Å². The van der Waals surface area contributed by atoms with E-state index < -0.39 is 0 Å². The van der Waals surface area contributed by atoms with Gasteiger partial charge >= 0.3 is 0 Å². The Labute approximate surface area is 185 Å². The van der Waals surface area contributed by atoms with Crippen molar-refractivity contribution in [1.29, 1.82) is 0 Å². The van der Waals surface area contributed by atoms with E-state index in [1.165, 1.54) is 19.3 Å². The summed E-state index contributed by atoms with van der Waals surface area (Å²) in [5.41, 5.74) is 2.20. The van der Waals surface area contributed by atoms with E-state index in [2.05, 4.69) is 17.6 Å². The molecule has 1 aliphatic heterocycles. The van der Waals surface area contributed by atoms with Gasteiger partial charge in [0.15, 0.2) is 0 Å². The molecule has 31 heavy (non-hydrogen) atoms. The summed E-state index contributed by atoms with van der Waals surface area (Å²) in [6.45, 7) is 4.74. The van der Waals surface area contributed by atoms with E-state index in [9.17, 15) is 9.59 Å². The van der Waals surface area contributed by atoms with Crippen molar-refractivity contribution in [2.45, 2.75) is 45.4 Å². The normalized spacial score (nSPS) is 13.1. The lowest BCUT2D eigenvalue weighted by molar-refractivity contribution is -0.114. The van der Waals surface area contributed by atoms with Crippen LogP contribution in [0.15, 0.2) is 48.5 Å². The molecule has 0 bridgehead atoms. The molecular weight excluding hydrogens is 390 g/mol. The van der Waals surface area contributed by atoms with Gasteiger partial charge < -0.3 is 20.3 Å². The van der Waals surface area contributed by atoms with Crippen LogP contribution < -0.4 is 15.4 Å². The summed E-state index contributed by atoms with van der Waals surface area (Å²) in [6.07, 6.45) is 6.88. The minimum absolute atomic E-state index is 0.0606. The number of nitrogens with zero attached hydrogens (tertiary/aromatic N) is 1. The molecule has 0 unspecified atom stereocenters. The Balaban J connectivity index is 1.39. The van der Waals surface area contributed by atoms with E-state index in [1.54, 1.807) is 24.3 Å². The highest BCUT2D eigenvalue weighted by atomic mass is 16.5. The molecule has 166 valence electrons. The van der Waals surface area contributed by atoms with Gasteiger partial charge in [0.1, 0.15) is 5.75 Å². The zero-order valence-corrected chi connectivity index (χ0v) is 18.4. The Kier molecular flexibility index (Phi) is 8.76. The van der Waals surface area contributed by atoms with Gasteiger partial charge in [0, 0.05) is 30.0 Å². The maximum absolute atomic E-state index is 12.4. The molecule has 0 aromatic heterocycles. The number of carbonyl (C=O) groups excluding carboxylic acids is 2.